The third kappa shape index (κ3) is 3.44. The molecule has 0 aliphatic heterocycles. The van der Waals surface area contributed by atoms with Crippen LogP contribution in [0.5, 0.6) is 0 Å². The van der Waals surface area contributed by atoms with Gasteiger partial charge in [0.2, 0.25) is 5.91 Å². The molecule has 1 unspecified atom stereocenters. The lowest BCUT2D eigenvalue weighted by atomic mass is 10.2. The second-order valence-electron chi connectivity index (χ2n) is 3.53. The zero-order valence-corrected chi connectivity index (χ0v) is 9.86. The lowest BCUT2D eigenvalue weighted by Crippen LogP contribution is -2.45. The Hall–Kier alpha value is -2.11. The fourth-order valence-corrected chi connectivity index (χ4v) is 1.27. The van der Waals surface area contributed by atoms with Crippen molar-refractivity contribution >= 4 is 17.5 Å². The molecule has 1 rings (SSSR count). The molecule has 0 spiro atoms. The zero-order valence-electron chi connectivity index (χ0n) is 9.86. The van der Waals surface area contributed by atoms with Crippen molar-refractivity contribution in [3.8, 4) is 0 Å². The van der Waals surface area contributed by atoms with E-state index in [-0.39, 0.29) is 17.3 Å². The van der Waals surface area contributed by atoms with Gasteiger partial charge in [0.25, 0.3) is 5.91 Å². The van der Waals surface area contributed by atoms with Gasteiger partial charge in [0, 0.05) is 12.7 Å². The molecule has 17 heavy (non-hydrogen) atoms. The Bertz CT molecular complexity index is 420. The first-order chi connectivity index (χ1) is 8.06. The molecule has 0 aromatic carbocycles. The summed E-state index contributed by atoms with van der Waals surface area (Å²) in [5.74, 6) is -0.697. The molecule has 1 atom stereocenters. The number of pyridine rings is 1. The summed E-state index contributed by atoms with van der Waals surface area (Å²) in [4.78, 5) is 27.0. The second-order valence-corrected chi connectivity index (χ2v) is 3.53. The molecule has 0 radical (unpaired) electrons. The zero-order chi connectivity index (χ0) is 12.8. The number of nitrogens with two attached hydrogens (primary N) is 1. The Labute approximate surface area is 99.6 Å². The maximum atomic E-state index is 11.8. The Morgan fingerprint density at radius 1 is 1.53 bits per heavy atom. The van der Waals surface area contributed by atoms with Crippen molar-refractivity contribution in [2.75, 3.05) is 12.3 Å². The first kappa shape index (κ1) is 13.0. The largest absolute Gasteiger partial charge is 0.397 e. The van der Waals surface area contributed by atoms with Gasteiger partial charge in [-0.05, 0) is 26.0 Å². The van der Waals surface area contributed by atoms with E-state index in [0.29, 0.717) is 6.54 Å². The second kappa shape index (κ2) is 5.83. The highest BCUT2D eigenvalue weighted by Gasteiger charge is 2.17. The Morgan fingerprint density at radius 3 is 2.82 bits per heavy atom. The minimum atomic E-state index is -0.621. The smallest absolute Gasteiger partial charge is 0.272 e. The number of nitrogens with one attached hydrogen (secondary N) is 2. The standard InChI is InChI=1S/C11H16N4O2/c1-3-13-10(16)7(2)15-11(17)9-8(12)5-4-6-14-9/h4-7H,3,12H2,1-2H3,(H,13,16)(H,15,17). The highest BCUT2D eigenvalue weighted by Crippen LogP contribution is 2.06. The van der Waals surface area contributed by atoms with Crippen LogP contribution in [0.15, 0.2) is 18.3 Å². The molecule has 92 valence electrons. The highest BCUT2D eigenvalue weighted by molar-refractivity contribution is 5.99. The number of carbonyl (C=O) groups is 2. The molecule has 1 heterocycles. The molecule has 4 N–H and O–H groups in total. The van der Waals surface area contributed by atoms with E-state index in [1.54, 1.807) is 19.1 Å². The van der Waals surface area contributed by atoms with Crippen LogP contribution in [0.4, 0.5) is 5.69 Å². The number of hydrogen-bond donors (Lipinski definition) is 3. The third-order valence-electron chi connectivity index (χ3n) is 2.15. The van der Waals surface area contributed by atoms with Crippen molar-refractivity contribution in [2.45, 2.75) is 19.9 Å². The van der Waals surface area contributed by atoms with E-state index in [9.17, 15) is 9.59 Å². The van der Waals surface area contributed by atoms with Crippen LogP contribution >= 0.6 is 0 Å². The van der Waals surface area contributed by atoms with Gasteiger partial charge in [-0.25, -0.2) is 4.98 Å². The SMILES string of the molecule is CCNC(=O)C(C)NC(=O)c1ncccc1N. The topological polar surface area (TPSA) is 97.1 Å². The van der Waals surface area contributed by atoms with Crippen molar-refractivity contribution in [1.82, 2.24) is 15.6 Å². The number of anilines is 1. The van der Waals surface area contributed by atoms with Crippen LogP contribution in [0, 0.1) is 0 Å². The van der Waals surface area contributed by atoms with Crippen molar-refractivity contribution in [3.63, 3.8) is 0 Å². The van der Waals surface area contributed by atoms with Gasteiger partial charge in [0.1, 0.15) is 6.04 Å². The van der Waals surface area contributed by atoms with Gasteiger partial charge in [0.15, 0.2) is 5.69 Å². The van der Waals surface area contributed by atoms with E-state index in [1.807, 2.05) is 6.92 Å². The highest BCUT2D eigenvalue weighted by atomic mass is 16.2. The normalized spacial score (nSPS) is 11.6. The molecule has 0 bridgehead atoms. The molecule has 0 aliphatic carbocycles. The molecule has 0 saturated heterocycles. The molecule has 1 aromatic heterocycles. The van der Waals surface area contributed by atoms with Crippen molar-refractivity contribution < 1.29 is 9.59 Å². The van der Waals surface area contributed by atoms with E-state index < -0.39 is 11.9 Å². The van der Waals surface area contributed by atoms with Gasteiger partial charge in [-0.15, -0.1) is 0 Å². The van der Waals surface area contributed by atoms with E-state index in [0.717, 1.165) is 0 Å². The van der Waals surface area contributed by atoms with Gasteiger partial charge in [-0.2, -0.15) is 0 Å². The van der Waals surface area contributed by atoms with Gasteiger partial charge < -0.3 is 16.4 Å². The molecule has 6 heteroatoms. The molecule has 2 amide bonds. The van der Waals surface area contributed by atoms with Crippen LogP contribution in [-0.2, 0) is 4.79 Å². The molecule has 0 saturated carbocycles. The fourth-order valence-electron chi connectivity index (χ4n) is 1.27. The Balaban J connectivity index is 2.67. The summed E-state index contributed by atoms with van der Waals surface area (Å²) in [6.45, 7) is 3.93. The Morgan fingerprint density at radius 2 is 2.24 bits per heavy atom. The van der Waals surface area contributed by atoms with Gasteiger partial charge in [-0.1, -0.05) is 0 Å². The first-order valence-corrected chi connectivity index (χ1v) is 5.35. The molecule has 6 nitrogen and oxygen atoms in total. The van der Waals surface area contributed by atoms with E-state index >= 15 is 0 Å². The van der Waals surface area contributed by atoms with Crippen LogP contribution in [-0.4, -0.2) is 29.4 Å². The van der Waals surface area contributed by atoms with E-state index in [4.69, 9.17) is 5.73 Å². The third-order valence-corrected chi connectivity index (χ3v) is 2.15. The lowest BCUT2D eigenvalue weighted by Gasteiger charge is -2.13. The number of nitrogen functional groups attached to an aromatic ring is 1. The Kier molecular flexibility index (Phi) is 4.45. The summed E-state index contributed by atoms with van der Waals surface area (Å²) >= 11 is 0. The predicted molar refractivity (Wildman–Crippen MR) is 64.3 cm³/mol. The van der Waals surface area contributed by atoms with E-state index in [2.05, 4.69) is 15.6 Å². The lowest BCUT2D eigenvalue weighted by molar-refractivity contribution is -0.122. The summed E-state index contributed by atoms with van der Waals surface area (Å²) in [6.07, 6.45) is 1.47. The number of likely N-dealkylation sites (N-methyl/N-ethyl adjacent to an activating group) is 1. The number of nitrogens with zero attached hydrogens (tertiary/aromatic N) is 1. The van der Waals surface area contributed by atoms with Gasteiger partial charge >= 0.3 is 0 Å². The average molecular weight is 236 g/mol. The van der Waals surface area contributed by atoms with Crippen molar-refractivity contribution in [1.29, 1.82) is 0 Å². The summed E-state index contributed by atoms with van der Waals surface area (Å²) in [5.41, 5.74) is 6.02. The predicted octanol–water partition coefficient (Wildman–Crippen LogP) is -0.0818. The number of aromatic nitrogens is 1. The monoisotopic (exact) mass is 236 g/mol. The summed E-state index contributed by atoms with van der Waals surface area (Å²) in [6, 6.07) is 2.60. The van der Waals surface area contributed by atoms with Crippen LogP contribution in [0.3, 0.4) is 0 Å². The molecular formula is C11H16N4O2. The summed E-state index contributed by atoms with van der Waals surface area (Å²) < 4.78 is 0. The summed E-state index contributed by atoms with van der Waals surface area (Å²) in [5, 5.41) is 5.14. The quantitative estimate of drug-likeness (QED) is 0.681. The van der Waals surface area contributed by atoms with E-state index in [1.165, 1.54) is 6.20 Å². The van der Waals surface area contributed by atoms with Gasteiger partial charge in [0.05, 0.1) is 5.69 Å². The number of hydrogen-bond acceptors (Lipinski definition) is 4. The van der Waals surface area contributed by atoms with Crippen LogP contribution in [0.1, 0.15) is 24.3 Å². The number of carbonyl (C=O) groups excluding carboxylic acids is 2. The fraction of sp³-hybridized carbons (Fsp3) is 0.364. The van der Waals surface area contributed by atoms with Crippen LogP contribution in [0.2, 0.25) is 0 Å². The number of amides is 2. The molecule has 0 fully saturated rings. The summed E-state index contributed by atoms with van der Waals surface area (Å²) in [7, 11) is 0. The van der Waals surface area contributed by atoms with Crippen molar-refractivity contribution in [2.24, 2.45) is 0 Å². The van der Waals surface area contributed by atoms with Gasteiger partial charge in [-0.3, -0.25) is 9.59 Å². The minimum absolute atomic E-state index is 0.128. The maximum Gasteiger partial charge on any atom is 0.272 e. The van der Waals surface area contributed by atoms with Crippen molar-refractivity contribution in [3.05, 3.63) is 24.0 Å². The minimum Gasteiger partial charge on any atom is -0.397 e. The van der Waals surface area contributed by atoms with Crippen LogP contribution in [0.25, 0.3) is 0 Å². The molecule has 1 aromatic rings. The first-order valence-electron chi connectivity index (χ1n) is 5.35. The maximum absolute atomic E-state index is 11.8. The molecular weight excluding hydrogens is 220 g/mol. The number of rotatable bonds is 4. The van der Waals surface area contributed by atoms with Crippen LogP contribution < -0.4 is 16.4 Å². The average Bonchev–Trinajstić information content (AvgIpc) is 2.29. The molecule has 0 aliphatic rings.